The van der Waals surface area contributed by atoms with Gasteiger partial charge in [-0.2, -0.15) is 0 Å². The maximum Gasteiger partial charge on any atom is 0.169 e. The van der Waals surface area contributed by atoms with Crippen LogP contribution in [-0.2, 0) is 0 Å². The number of nitrogens with one attached hydrogen (secondary N) is 2. The molecule has 2 heterocycles. The molecular formula is C23H35FN4. The number of hydrogen-bond donors (Lipinski definition) is 2. The van der Waals surface area contributed by atoms with Crippen molar-refractivity contribution in [3.63, 3.8) is 0 Å². The van der Waals surface area contributed by atoms with Crippen molar-refractivity contribution in [1.29, 1.82) is 0 Å². The fourth-order valence-electron chi connectivity index (χ4n) is 4.36. The van der Waals surface area contributed by atoms with Gasteiger partial charge >= 0.3 is 0 Å². The molecule has 1 aliphatic heterocycles. The molecule has 0 saturated carbocycles. The summed E-state index contributed by atoms with van der Waals surface area (Å²) in [4.78, 5) is 4.50. The summed E-state index contributed by atoms with van der Waals surface area (Å²) in [6, 6.07) is 0.767. The molecule has 0 radical (unpaired) electrons. The van der Waals surface area contributed by atoms with Gasteiger partial charge in [-0.3, -0.25) is 0 Å². The second-order valence-corrected chi connectivity index (χ2v) is 8.16. The number of aryl methyl sites for hydroxylation is 1. The van der Waals surface area contributed by atoms with E-state index in [0.29, 0.717) is 24.2 Å². The molecule has 3 atom stereocenters. The predicted molar refractivity (Wildman–Crippen MR) is 115 cm³/mol. The second-order valence-electron chi connectivity index (χ2n) is 8.16. The second kappa shape index (κ2) is 9.55. The van der Waals surface area contributed by atoms with E-state index in [-0.39, 0.29) is 11.9 Å². The van der Waals surface area contributed by atoms with E-state index in [1.165, 1.54) is 17.6 Å². The van der Waals surface area contributed by atoms with E-state index in [4.69, 9.17) is 0 Å². The average Bonchev–Trinajstić information content (AvgIpc) is 3.35. The molecule has 154 valence electrons. The molecule has 1 aliphatic carbocycles. The van der Waals surface area contributed by atoms with E-state index in [1.807, 2.05) is 20.0 Å². The lowest BCUT2D eigenvalue weighted by Crippen LogP contribution is -2.27. The Labute approximate surface area is 169 Å². The molecule has 3 rings (SSSR count). The maximum absolute atomic E-state index is 14.7. The van der Waals surface area contributed by atoms with Crippen molar-refractivity contribution in [1.82, 2.24) is 20.2 Å². The van der Waals surface area contributed by atoms with Crippen molar-refractivity contribution in [2.24, 2.45) is 5.92 Å². The Bertz CT molecular complexity index is 753. The summed E-state index contributed by atoms with van der Waals surface area (Å²) in [6.07, 6.45) is 13.1. The molecule has 4 nitrogen and oxygen atoms in total. The molecule has 0 amide bonds. The van der Waals surface area contributed by atoms with Crippen LogP contribution in [0.5, 0.6) is 0 Å². The van der Waals surface area contributed by atoms with Crippen LogP contribution >= 0.6 is 0 Å². The third-order valence-electron chi connectivity index (χ3n) is 6.07. The number of halogens is 1. The smallest absolute Gasteiger partial charge is 0.169 e. The van der Waals surface area contributed by atoms with Crippen LogP contribution in [0.25, 0.3) is 5.83 Å². The first kappa shape index (κ1) is 20.8. The maximum atomic E-state index is 14.7. The van der Waals surface area contributed by atoms with Crippen molar-refractivity contribution < 1.29 is 4.39 Å². The molecule has 28 heavy (non-hydrogen) atoms. The topological polar surface area (TPSA) is 41.9 Å². The number of hydrogen-bond acceptors (Lipinski definition) is 3. The van der Waals surface area contributed by atoms with Crippen molar-refractivity contribution in [2.75, 3.05) is 13.1 Å². The quantitative estimate of drug-likeness (QED) is 0.689. The highest BCUT2D eigenvalue weighted by molar-refractivity contribution is 5.53. The van der Waals surface area contributed by atoms with Crippen LogP contribution in [0.2, 0.25) is 0 Å². The first-order valence-electron chi connectivity index (χ1n) is 10.8. The SMILES string of the molecule is CC/C=C(/F)c1nc(C)cn1[C@H]1CC(/C(C)=C\N[C@H]2CCNC2)=CC[C@@H]1CC. The monoisotopic (exact) mass is 386 g/mol. The molecule has 1 fully saturated rings. The van der Waals surface area contributed by atoms with Crippen molar-refractivity contribution in [3.05, 3.63) is 47.2 Å². The number of nitrogens with zero attached hydrogens (tertiary/aromatic N) is 2. The van der Waals surface area contributed by atoms with Crippen LogP contribution in [0.4, 0.5) is 4.39 Å². The molecule has 1 aromatic rings. The summed E-state index contributed by atoms with van der Waals surface area (Å²) >= 11 is 0. The summed E-state index contributed by atoms with van der Waals surface area (Å²) in [5.41, 5.74) is 3.53. The summed E-state index contributed by atoms with van der Waals surface area (Å²) < 4.78 is 16.8. The fourth-order valence-corrected chi connectivity index (χ4v) is 4.36. The van der Waals surface area contributed by atoms with E-state index >= 15 is 0 Å². The standard InChI is InChI=1S/C23H35FN4/c1-5-7-21(24)23-27-17(4)15-28(23)22-12-19(9-8-18(22)6-2)16(3)13-26-20-10-11-25-14-20/h7,9,13,15,18,20,22,25-26H,5-6,8,10-12,14H2,1-4H3/b16-13-,21-7+/t18-,20-,22-/m0/s1. The first-order chi connectivity index (χ1) is 13.5. The zero-order valence-corrected chi connectivity index (χ0v) is 17.8. The molecule has 1 aromatic heterocycles. The van der Waals surface area contributed by atoms with Crippen LogP contribution < -0.4 is 10.6 Å². The summed E-state index contributed by atoms with van der Waals surface area (Å²) in [5.74, 6) is 0.787. The van der Waals surface area contributed by atoms with Crippen LogP contribution in [0.15, 0.2) is 35.7 Å². The lowest BCUT2D eigenvalue weighted by atomic mass is 9.81. The Hall–Kier alpha value is -1.88. The number of rotatable bonds is 7. The molecule has 0 bridgehead atoms. The van der Waals surface area contributed by atoms with Gasteiger partial charge in [0.1, 0.15) is 0 Å². The minimum Gasteiger partial charge on any atom is -0.387 e. The highest BCUT2D eigenvalue weighted by Gasteiger charge is 2.29. The Balaban J connectivity index is 1.82. The molecule has 1 saturated heterocycles. The summed E-state index contributed by atoms with van der Waals surface area (Å²) in [7, 11) is 0. The highest BCUT2D eigenvalue weighted by Crippen LogP contribution is 2.39. The molecule has 2 N–H and O–H groups in total. The van der Waals surface area contributed by atoms with E-state index in [2.05, 4.69) is 46.3 Å². The van der Waals surface area contributed by atoms with Crippen molar-refractivity contribution in [2.45, 2.75) is 71.9 Å². The van der Waals surface area contributed by atoms with Gasteiger partial charge in [0.05, 0.1) is 5.69 Å². The van der Waals surface area contributed by atoms with Gasteiger partial charge in [-0.15, -0.1) is 0 Å². The average molecular weight is 387 g/mol. The third kappa shape index (κ3) is 4.75. The Morgan fingerprint density at radius 2 is 2.25 bits per heavy atom. The van der Waals surface area contributed by atoms with Gasteiger partial charge < -0.3 is 15.2 Å². The zero-order chi connectivity index (χ0) is 20.1. The van der Waals surface area contributed by atoms with Crippen LogP contribution in [0.1, 0.15) is 70.4 Å². The largest absolute Gasteiger partial charge is 0.387 e. The summed E-state index contributed by atoms with van der Waals surface area (Å²) in [5, 5.41) is 6.94. The van der Waals surface area contributed by atoms with E-state index in [9.17, 15) is 4.39 Å². The number of imidazole rings is 1. The van der Waals surface area contributed by atoms with Gasteiger partial charge in [-0.25, -0.2) is 9.37 Å². The lowest BCUT2D eigenvalue weighted by Gasteiger charge is -2.33. The van der Waals surface area contributed by atoms with Gasteiger partial charge in [0, 0.05) is 24.8 Å². The Morgan fingerprint density at radius 3 is 2.93 bits per heavy atom. The van der Waals surface area contributed by atoms with E-state index in [0.717, 1.165) is 38.0 Å². The minimum absolute atomic E-state index is 0.204. The summed E-state index contributed by atoms with van der Waals surface area (Å²) in [6.45, 7) is 10.4. The third-order valence-corrected chi connectivity index (χ3v) is 6.07. The van der Waals surface area contributed by atoms with Crippen molar-refractivity contribution >= 4 is 5.83 Å². The lowest BCUT2D eigenvalue weighted by molar-refractivity contribution is 0.302. The Morgan fingerprint density at radius 1 is 1.43 bits per heavy atom. The van der Waals surface area contributed by atoms with Gasteiger partial charge in [0.2, 0.25) is 0 Å². The van der Waals surface area contributed by atoms with Gasteiger partial charge in [-0.05, 0) is 75.4 Å². The van der Waals surface area contributed by atoms with E-state index in [1.54, 1.807) is 6.08 Å². The van der Waals surface area contributed by atoms with Crippen LogP contribution in [-0.4, -0.2) is 28.7 Å². The molecule has 0 unspecified atom stereocenters. The van der Waals surface area contributed by atoms with Crippen LogP contribution in [0, 0.1) is 12.8 Å². The van der Waals surface area contributed by atoms with Crippen LogP contribution in [0.3, 0.4) is 0 Å². The molecule has 0 spiro atoms. The highest BCUT2D eigenvalue weighted by atomic mass is 19.1. The van der Waals surface area contributed by atoms with E-state index < -0.39 is 0 Å². The molecule has 5 heteroatoms. The number of aromatic nitrogens is 2. The van der Waals surface area contributed by atoms with Gasteiger partial charge in [-0.1, -0.05) is 26.3 Å². The number of allylic oxidation sites excluding steroid dienone is 4. The van der Waals surface area contributed by atoms with Crippen molar-refractivity contribution in [3.8, 4) is 0 Å². The molecule has 2 aliphatic rings. The zero-order valence-electron chi connectivity index (χ0n) is 17.8. The predicted octanol–water partition coefficient (Wildman–Crippen LogP) is 5.05. The van der Waals surface area contributed by atoms with Gasteiger partial charge in [0.25, 0.3) is 0 Å². The molecule has 0 aromatic carbocycles. The fraction of sp³-hybridized carbons (Fsp3) is 0.609. The minimum atomic E-state index is -0.204. The first-order valence-corrected chi connectivity index (χ1v) is 10.8. The molecular weight excluding hydrogens is 351 g/mol. The van der Waals surface area contributed by atoms with Gasteiger partial charge in [0.15, 0.2) is 11.7 Å². The Kier molecular flexibility index (Phi) is 7.11. The normalized spacial score (nSPS) is 26.5.